The minimum Gasteiger partial charge on any atom is -0.495 e. The van der Waals surface area contributed by atoms with Crippen LogP contribution in [0.2, 0.25) is 10.0 Å². The summed E-state index contributed by atoms with van der Waals surface area (Å²) < 4.78 is 16.6. The van der Waals surface area contributed by atoms with Crippen molar-refractivity contribution in [3.05, 3.63) is 45.4 Å². The zero-order valence-electron chi connectivity index (χ0n) is 13.8. The molecule has 0 bridgehead atoms. The Bertz CT molecular complexity index is 827. The Morgan fingerprint density at radius 2 is 1.52 bits per heavy atom. The van der Waals surface area contributed by atoms with Gasteiger partial charge < -0.3 is 23.8 Å². The van der Waals surface area contributed by atoms with Gasteiger partial charge in [-0.15, -0.1) is 0 Å². The van der Waals surface area contributed by atoms with Gasteiger partial charge in [-0.2, -0.15) is 0 Å². The molecule has 0 aromatic heterocycles. The van der Waals surface area contributed by atoms with Crippen molar-refractivity contribution >= 4 is 31.8 Å². The van der Waals surface area contributed by atoms with E-state index in [0.717, 1.165) is 16.7 Å². The summed E-state index contributed by atoms with van der Waals surface area (Å²) in [6.07, 6.45) is 0.410. The molecule has 0 saturated heterocycles. The molecule has 0 heterocycles. The zero-order chi connectivity index (χ0) is 18.4. The van der Waals surface area contributed by atoms with Gasteiger partial charge in [0.15, 0.2) is 0 Å². The van der Waals surface area contributed by atoms with Gasteiger partial charge in [0.05, 0.1) is 24.3 Å². The average molecular weight is 403 g/mol. The fourth-order valence-electron chi connectivity index (χ4n) is 3.38. The second-order valence-corrected chi connectivity index (χ2v) is 7.37. The van der Waals surface area contributed by atoms with Crippen LogP contribution in [-0.4, -0.2) is 24.0 Å². The number of halogens is 2. The van der Waals surface area contributed by atoms with Gasteiger partial charge in [-0.05, 0) is 30.2 Å². The molecule has 5 nitrogen and oxygen atoms in total. The molecule has 134 valence electrons. The lowest BCUT2D eigenvalue weighted by molar-refractivity contribution is 0.0689. The second kappa shape index (κ2) is 6.92. The number of hydrogen-bond acceptors (Lipinski definition) is 5. The van der Waals surface area contributed by atoms with Gasteiger partial charge in [0.25, 0.3) is 0 Å². The van der Waals surface area contributed by atoms with E-state index < -0.39 is 14.2 Å². The number of hydrogen-bond donors (Lipinski definition) is 2. The molecule has 8 heteroatoms. The van der Waals surface area contributed by atoms with Gasteiger partial charge in [-0.3, -0.25) is 0 Å². The first-order valence-corrected chi connectivity index (χ1v) is 9.34. The molecule has 2 N–H and O–H groups in total. The van der Waals surface area contributed by atoms with E-state index >= 15 is 0 Å². The summed E-state index contributed by atoms with van der Waals surface area (Å²) >= 11 is 12.6. The Kier molecular flexibility index (Phi) is 5.18. The zero-order valence-corrected chi connectivity index (χ0v) is 16.2. The fraction of sp³-hybridized carbons (Fsp3) is 0.294. The van der Waals surface area contributed by atoms with Crippen LogP contribution in [0.25, 0.3) is 11.1 Å². The molecule has 0 unspecified atom stereocenters. The number of ether oxygens (including phenoxy) is 2. The lowest BCUT2D eigenvalue weighted by atomic mass is 9.76. The van der Waals surface area contributed by atoms with Crippen molar-refractivity contribution in [2.45, 2.75) is 18.9 Å². The quantitative estimate of drug-likeness (QED) is 0.726. The van der Waals surface area contributed by atoms with Crippen LogP contribution in [0.15, 0.2) is 24.3 Å². The van der Waals surface area contributed by atoms with Crippen molar-refractivity contribution in [2.75, 3.05) is 14.2 Å². The average Bonchev–Trinajstić information content (AvgIpc) is 2.54. The molecule has 0 saturated carbocycles. The number of fused-ring (bicyclic) bond motifs is 3. The van der Waals surface area contributed by atoms with E-state index in [1.54, 1.807) is 32.2 Å². The Morgan fingerprint density at radius 3 is 2.08 bits per heavy atom. The van der Waals surface area contributed by atoms with E-state index in [-0.39, 0.29) is 0 Å². The van der Waals surface area contributed by atoms with E-state index in [2.05, 4.69) is 0 Å². The molecule has 0 spiro atoms. The van der Waals surface area contributed by atoms with Gasteiger partial charge >= 0.3 is 8.60 Å². The Hall–Kier alpha value is -1.07. The van der Waals surface area contributed by atoms with Crippen LogP contribution in [0.4, 0.5) is 0 Å². The van der Waals surface area contributed by atoms with Crippen molar-refractivity contribution in [3.63, 3.8) is 0 Å². The van der Waals surface area contributed by atoms with Gasteiger partial charge in [0.1, 0.15) is 17.1 Å². The van der Waals surface area contributed by atoms with E-state index in [1.165, 1.54) is 7.11 Å². The predicted molar refractivity (Wildman–Crippen MR) is 98.5 cm³/mol. The highest BCUT2D eigenvalue weighted by atomic mass is 35.5. The van der Waals surface area contributed by atoms with Crippen molar-refractivity contribution in [3.8, 4) is 22.6 Å². The summed E-state index contributed by atoms with van der Waals surface area (Å²) in [5, 5.41) is 0.888. The predicted octanol–water partition coefficient (Wildman–Crippen LogP) is 4.68. The van der Waals surface area contributed by atoms with Crippen LogP contribution in [0.3, 0.4) is 0 Å². The standard InChI is InChI=1S/C17H17Cl2O5P/c1-17(24-25(20)21)8-9-4-6-11(18)15(22-2)13(9)14-10(17)5-7-12(19)16(14)23-3/h4-7,20-21H,8H2,1-3H3/t17-/m0/s1. The smallest absolute Gasteiger partial charge is 0.327 e. The van der Waals surface area contributed by atoms with Gasteiger partial charge in [0, 0.05) is 17.5 Å². The minimum absolute atomic E-state index is 0.410. The monoisotopic (exact) mass is 402 g/mol. The molecular weight excluding hydrogens is 386 g/mol. The third-order valence-corrected chi connectivity index (χ3v) is 5.51. The molecule has 0 radical (unpaired) electrons. The Morgan fingerprint density at radius 1 is 0.960 bits per heavy atom. The SMILES string of the molecule is COc1c(Cl)ccc2c1-c1c(ccc(Cl)c1OC)[C@@](C)(OP(O)O)C2. The molecule has 2 aromatic carbocycles. The molecular formula is C17H17Cl2O5P. The molecule has 0 amide bonds. The number of benzene rings is 2. The van der Waals surface area contributed by atoms with Crippen LogP contribution >= 0.6 is 31.8 Å². The molecule has 0 fully saturated rings. The maximum atomic E-state index is 9.46. The van der Waals surface area contributed by atoms with Crippen LogP contribution in [0.1, 0.15) is 18.1 Å². The van der Waals surface area contributed by atoms with E-state index in [0.29, 0.717) is 33.5 Å². The lowest BCUT2D eigenvalue weighted by Gasteiger charge is -2.38. The maximum Gasteiger partial charge on any atom is 0.327 e. The highest BCUT2D eigenvalue weighted by molar-refractivity contribution is 7.39. The van der Waals surface area contributed by atoms with Crippen LogP contribution in [0, 0.1) is 0 Å². The van der Waals surface area contributed by atoms with Crippen molar-refractivity contribution in [1.82, 2.24) is 0 Å². The van der Waals surface area contributed by atoms with Crippen molar-refractivity contribution in [2.24, 2.45) is 0 Å². The maximum absolute atomic E-state index is 9.46. The van der Waals surface area contributed by atoms with Crippen molar-refractivity contribution in [1.29, 1.82) is 0 Å². The molecule has 25 heavy (non-hydrogen) atoms. The van der Waals surface area contributed by atoms with Crippen LogP contribution in [0.5, 0.6) is 11.5 Å². The second-order valence-electron chi connectivity index (χ2n) is 5.87. The summed E-state index contributed by atoms with van der Waals surface area (Å²) in [6, 6.07) is 7.09. The highest BCUT2D eigenvalue weighted by Crippen LogP contribution is 2.56. The van der Waals surface area contributed by atoms with Gasteiger partial charge in [-0.1, -0.05) is 35.3 Å². The lowest BCUT2D eigenvalue weighted by Crippen LogP contribution is -2.31. The molecule has 1 atom stereocenters. The van der Waals surface area contributed by atoms with E-state index in [9.17, 15) is 9.79 Å². The first-order valence-electron chi connectivity index (χ1n) is 7.42. The number of rotatable bonds is 4. The van der Waals surface area contributed by atoms with Crippen LogP contribution < -0.4 is 9.47 Å². The molecule has 3 rings (SSSR count). The molecule has 2 aromatic rings. The third kappa shape index (κ3) is 3.10. The summed E-state index contributed by atoms with van der Waals surface area (Å²) in [7, 11) is 0.513. The molecule has 0 aliphatic heterocycles. The summed E-state index contributed by atoms with van der Waals surface area (Å²) in [5.74, 6) is 0.967. The van der Waals surface area contributed by atoms with E-state index in [4.69, 9.17) is 37.2 Å². The third-order valence-electron chi connectivity index (χ3n) is 4.34. The minimum atomic E-state index is -2.56. The molecule has 1 aliphatic carbocycles. The largest absolute Gasteiger partial charge is 0.495 e. The first-order chi connectivity index (χ1) is 11.8. The topological polar surface area (TPSA) is 68.2 Å². The van der Waals surface area contributed by atoms with Crippen molar-refractivity contribution < 1.29 is 23.8 Å². The fourth-order valence-corrected chi connectivity index (χ4v) is 4.38. The Balaban J connectivity index is 2.39. The van der Waals surface area contributed by atoms with Crippen LogP contribution in [-0.2, 0) is 16.5 Å². The van der Waals surface area contributed by atoms with E-state index in [1.807, 2.05) is 6.07 Å². The number of methoxy groups -OCH3 is 2. The normalized spacial score (nSPS) is 18.7. The highest BCUT2D eigenvalue weighted by Gasteiger charge is 2.41. The first kappa shape index (κ1) is 18.7. The summed E-state index contributed by atoms with van der Waals surface area (Å²) in [5.41, 5.74) is 2.08. The van der Waals surface area contributed by atoms with Gasteiger partial charge in [0.2, 0.25) is 0 Å². The molecule has 1 aliphatic rings. The van der Waals surface area contributed by atoms with Gasteiger partial charge in [-0.25, -0.2) is 0 Å². The summed E-state index contributed by atoms with van der Waals surface area (Å²) in [6.45, 7) is 1.80. The summed E-state index contributed by atoms with van der Waals surface area (Å²) in [4.78, 5) is 18.9. The Labute approximate surface area is 157 Å².